The second-order valence-electron chi connectivity index (χ2n) is 5.24. The minimum atomic E-state index is -0.0490. The Morgan fingerprint density at radius 2 is 1.83 bits per heavy atom. The Morgan fingerprint density at radius 1 is 1.17 bits per heavy atom. The zero-order valence-electron chi connectivity index (χ0n) is 11.7. The molecule has 2 atom stereocenters. The Morgan fingerprint density at radius 3 is 2.33 bits per heavy atom. The van der Waals surface area contributed by atoms with Crippen LogP contribution in [0.15, 0.2) is 12.1 Å². The second-order valence-corrected chi connectivity index (χ2v) is 5.24. The fraction of sp³-hybridized carbons (Fsp3) is 0.600. The Kier molecular flexibility index (Phi) is 3.93. The van der Waals surface area contributed by atoms with E-state index in [9.17, 15) is 0 Å². The summed E-state index contributed by atoms with van der Waals surface area (Å²) < 4.78 is 10.9. The highest BCUT2D eigenvalue weighted by Gasteiger charge is 2.36. The Labute approximate surface area is 109 Å². The molecule has 1 aliphatic rings. The largest absolute Gasteiger partial charge is 0.496 e. The number of rotatable bonds is 5. The molecule has 2 rings (SSSR count). The molecule has 0 radical (unpaired) electrons. The molecule has 0 amide bonds. The zero-order valence-corrected chi connectivity index (χ0v) is 11.7. The van der Waals surface area contributed by atoms with E-state index in [1.54, 1.807) is 14.2 Å². The van der Waals surface area contributed by atoms with Crippen LogP contribution in [0.5, 0.6) is 5.75 Å². The van der Waals surface area contributed by atoms with Crippen LogP contribution in [0.25, 0.3) is 0 Å². The summed E-state index contributed by atoms with van der Waals surface area (Å²) in [6, 6.07) is 4.14. The summed E-state index contributed by atoms with van der Waals surface area (Å²) in [6.45, 7) is 4.13. The fourth-order valence-corrected chi connectivity index (χ4v) is 2.63. The lowest BCUT2D eigenvalue weighted by molar-refractivity contribution is 0.0622. The number of hydrogen-bond donors (Lipinski definition) is 1. The lowest BCUT2D eigenvalue weighted by Crippen LogP contribution is -2.30. The van der Waals surface area contributed by atoms with E-state index in [0.717, 1.165) is 11.3 Å². The molecular formula is C15H23NO2. The number of ether oxygens (including phenoxy) is 2. The molecule has 0 aromatic heterocycles. The average molecular weight is 249 g/mol. The summed E-state index contributed by atoms with van der Waals surface area (Å²) in [7, 11) is 3.46. The first-order valence-corrected chi connectivity index (χ1v) is 6.52. The number of nitrogens with two attached hydrogens (primary N) is 1. The van der Waals surface area contributed by atoms with Gasteiger partial charge in [0.2, 0.25) is 0 Å². The third-order valence-electron chi connectivity index (χ3n) is 3.86. The van der Waals surface area contributed by atoms with E-state index in [1.165, 1.54) is 24.0 Å². The van der Waals surface area contributed by atoms with Gasteiger partial charge in [-0.2, -0.15) is 0 Å². The van der Waals surface area contributed by atoms with Crippen molar-refractivity contribution in [1.29, 1.82) is 0 Å². The lowest BCUT2D eigenvalue weighted by atomic mass is 9.93. The van der Waals surface area contributed by atoms with Gasteiger partial charge < -0.3 is 15.2 Å². The van der Waals surface area contributed by atoms with Gasteiger partial charge in [0.15, 0.2) is 0 Å². The second kappa shape index (κ2) is 5.29. The van der Waals surface area contributed by atoms with Gasteiger partial charge in [-0.3, -0.25) is 0 Å². The monoisotopic (exact) mass is 249 g/mol. The van der Waals surface area contributed by atoms with Gasteiger partial charge in [0.05, 0.1) is 19.3 Å². The summed E-state index contributed by atoms with van der Waals surface area (Å²) in [5.74, 6) is 1.55. The molecular weight excluding hydrogens is 226 g/mol. The van der Waals surface area contributed by atoms with Crippen molar-refractivity contribution in [3.63, 3.8) is 0 Å². The van der Waals surface area contributed by atoms with Crippen molar-refractivity contribution in [1.82, 2.24) is 0 Å². The molecule has 0 saturated heterocycles. The summed E-state index contributed by atoms with van der Waals surface area (Å²) in [4.78, 5) is 0. The quantitative estimate of drug-likeness (QED) is 0.872. The molecule has 0 heterocycles. The number of methoxy groups -OCH3 is 2. The van der Waals surface area contributed by atoms with Crippen LogP contribution in [0.2, 0.25) is 0 Å². The minimum absolute atomic E-state index is 0.0490. The smallest absolute Gasteiger partial charge is 0.122 e. The maximum Gasteiger partial charge on any atom is 0.122 e. The van der Waals surface area contributed by atoms with Crippen LogP contribution in [0.1, 0.15) is 35.6 Å². The van der Waals surface area contributed by atoms with Crippen LogP contribution in [0.4, 0.5) is 0 Å². The third-order valence-corrected chi connectivity index (χ3v) is 3.86. The van der Waals surface area contributed by atoms with E-state index < -0.39 is 0 Å². The highest BCUT2D eigenvalue weighted by Crippen LogP contribution is 2.40. The SMILES string of the molecule is COc1cc(C)c(C(N)C(OC)C2CC2)cc1C. The van der Waals surface area contributed by atoms with Gasteiger partial charge >= 0.3 is 0 Å². The lowest BCUT2D eigenvalue weighted by Gasteiger charge is -2.25. The standard InChI is InChI=1S/C15H23NO2/c1-9-8-13(17-3)10(2)7-12(9)14(16)15(18-4)11-5-6-11/h7-8,11,14-15H,5-6,16H2,1-4H3. The first-order valence-electron chi connectivity index (χ1n) is 6.52. The maximum atomic E-state index is 6.39. The van der Waals surface area contributed by atoms with Crippen LogP contribution in [-0.2, 0) is 4.74 Å². The molecule has 0 bridgehead atoms. The molecule has 1 fully saturated rings. The number of benzene rings is 1. The summed E-state index contributed by atoms with van der Waals surface area (Å²) in [5, 5.41) is 0. The van der Waals surface area contributed by atoms with Gasteiger partial charge in [-0.15, -0.1) is 0 Å². The van der Waals surface area contributed by atoms with Gasteiger partial charge in [-0.05, 0) is 55.4 Å². The van der Waals surface area contributed by atoms with Crippen LogP contribution in [-0.4, -0.2) is 20.3 Å². The van der Waals surface area contributed by atoms with Gasteiger partial charge in [-0.1, -0.05) is 6.07 Å². The Bertz CT molecular complexity index is 427. The third kappa shape index (κ3) is 2.52. The minimum Gasteiger partial charge on any atom is -0.496 e. The van der Waals surface area contributed by atoms with Crippen molar-refractivity contribution in [3.05, 3.63) is 28.8 Å². The normalized spacial score (nSPS) is 18.5. The summed E-state index contributed by atoms with van der Waals surface area (Å²) >= 11 is 0. The van der Waals surface area contributed by atoms with E-state index in [-0.39, 0.29) is 12.1 Å². The molecule has 2 unspecified atom stereocenters. The van der Waals surface area contributed by atoms with Crippen molar-refractivity contribution < 1.29 is 9.47 Å². The fourth-order valence-electron chi connectivity index (χ4n) is 2.63. The van der Waals surface area contributed by atoms with Crippen molar-refractivity contribution in [2.24, 2.45) is 11.7 Å². The first-order chi connectivity index (χ1) is 8.58. The first kappa shape index (κ1) is 13.4. The van der Waals surface area contributed by atoms with Crippen molar-refractivity contribution in [2.45, 2.75) is 38.8 Å². The molecule has 100 valence electrons. The van der Waals surface area contributed by atoms with Crippen LogP contribution in [0, 0.1) is 19.8 Å². The molecule has 0 aliphatic heterocycles. The molecule has 3 nitrogen and oxygen atoms in total. The summed E-state index contributed by atoms with van der Waals surface area (Å²) in [5.41, 5.74) is 9.86. The molecule has 2 N–H and O–H groups in total. The molecule has 1 aromatic carbocycles. The highest BCUT2D eigenvalue weighted by atomic mass is 16.5. The molecule has 1 saturated carbocycles. The van der Waals surface area contributed by atoms with Gasteiger partial charge in [0.25, 0.3) is 0 Å². The molecule has 1 aromatic rings. The molecule has 18 heavy (non-hydrogen) atoms. The zero-order chi connectivity index (χ0) is 13.3. The highest BCUT2D eigenvalue weighted by molar-refractivity contribution is 5.43. The van der Waals surface area contributed by atoms with E-state index in [0.29, 0.717) is 5.92 Å². The topological polar surface area (TPSA) is 44.5 Å². The summed E-state index contributed by atoms with van der Waals surface area (Å²) in [6.07, 6.45) is 2.61. The molecule has 3 heteroatoms. The Hall–Kier alpha value is -1.06. The number of hydrogen-bond acceptors (Lipinski definition) is 3. The molecule has 0 spiro atoms. The van der Waals surface area contributed by atoms with Gasteiger partial charge in [0, 0.05) is 7.11 Å². The van der Waals surface area contributed by atoms with Crippen molar-refractivity contribution >= 4 is 0 Å². The van der Waals surface area contributed by atoms with Crippen molar-refractivity contribution in [2.75, 3.05) is 14.2 Å². The van der Waals surface area contributed by atoms with Gasteiger partial charge in [-0.25, -0.2) is 0 Å². The average Bonchev–Trinajstić information content (AvgIpc) is 3.16. The van der Waals surface area contributed by atoms with Crippen molar-refractivity contribution in [3.8, 4) is 5.75 Å². The van der Waals surface area contributed by atoms with Crippen LogP contribution >= 0.6 is 0 Å². The van der Waals surface area contributed by atoms with Crippen LogP contribution < -0.4 is 10.5 Å². The van der Waals surface area contributed by atoms with E-state index >= 15 is 0 Å². The van der Waals surface area contributed by atoms with Gasteiger partial charge in [0.1, 0.15) is 5.75 Å². The predicted molar refractivity (Wildman–Crippen MR) is 72.9 cm³/mol. The number of aryl methyl sites for hydroxylation is 2. The Balaban J connectivity index is 2.29. The molecule has 1 aliphatic carbocycles. The van der Waals surface area contributed by atoms with E-state index in [2.05, 4.69) is 19.1 Å². The van der Waals surface area contributed by atoms with E-state index in [1.807, 2.05) is 6.92 Å². The maximum absolute atomic E-state index is 6.39. The van der Waals surface area contributed by atoms with E-state index in [4.69, 9.17) is 15.2 Å². The predicted octanol–water partition coefficient (Wildman–Crippen LogP) is 2.74. The van der Waals surface area contributed by atoms with Crippen LogP contribution in [0.3, 0.4) is 0 Å².